The maximum absolute atomic E-state index is 11.1. The molecular weight excluding hydrogens is 308 g/mol. The van der Waals surface area contributed by atoms with Crippen LogP contribution in [0.4, 0.5) is 0 Å². The quantitative estimate of drug-likeness (QED) is 0.721. The molecule has 2 heterocycles. The lowest BCUT2D eigenvalue weighted by Gasteiger charge is -2.02. The van der Waals surface area contributed by atoms with Crippen LogP contribution in [0.5, 0.6) is 0 Å². The van der Waals surface area contributed by atoms with Crippen molar-refractivity contribution in [3.8, 4) is 11.4 Å². The lowest BCUT2D eigenvalue weighted by atomic mass is 10.2. The molecule has 106 valence electrons. The van der Waals surface area contributed by atoms with Gasteiger partial charge in [0.15, 0.2) is 0 Å². The predicted molar refractivity (Wildman–Crippen MR) is 80.6 cm³/mol. The van der Waals surface area contributed by atoms with Gasteiger partial charge in [-0.25, -0.2) is 4.79 Å². The Labute approximate surface area is 128 Å². The number of aromatic carboxylic acids is 1. The van der Waals surface area contributed by atoms with Gasteiger partial charge >= 0.3 is 5.97 Å². The van der Waals surface area contributed by atoms with E-state index in [1.807, 2.05) is 16.8 Å². The molecule has 0 atom stereocenters. The Morgan fingerprint density at radius 1 is 1.33 bits per heavy atom. The molecule has 1 N–H and O–H groups in total. The van der Waals surface area contributed by atoms with E-state index in [0.717, 1.165) is 5.56 Å². The van der Waals surface area contributed by atoms with E-state index < -0.39 is 5.97 Å². The maximum Gasteiger partial charge on any atom is 0.336 e. The molecule has 0 aliphatic rings. The summed E-state index contributed by atoms with van der Waals surface area (Å²) >= 11 is 2.93. The highest BCUT2D eigenvalue weighted by molar-refractivity contribution is 7.98. The number of carboxylic acid groups (broad SMARTS) is 1. The van der Waals surface area contributed by atoms with Gasteiger partial charge in [-0.2, -0.15) is 16.3 Å². The van der Waals surface area contributed by atoms with E-state index in [9.17, 15) is 4.79 Å². The maximum atomic E-state index is 11.1. The first-order valence-corrected chi connectivity index (χ1v) is 7.97. The Hall–Kier alpha value is -2.12. The van der Waals surface area contributed by atoms with Crippen LogP contribution in [-0.4, -0.2) is 21.2 Å². The number of aromatic nitrogens is 2. The van der Waals surface area contributed by atoms with Crippen molar-refractivity contribution in [2.45, 2.75) is 10.6 Å². The lowest BCUT2D eigenvalue weighted by molar-refractivity contribution is 0.0693. The Kier molecular flexibility index (Phi) is 4.03. The van der Waals surface area contributed by atoms with Crippen molar-refractivity contribution in [1.29, 1.82) is 0 Å². The summed E-state index contributed by atoms with van der Waals surface area (Å²) in [5.74, 6) is 0.517. The van der Waals surface area contributed by atoms with Crippen LogP contribution in [-0.2, 0) is 5.75 Å². The predicted octanol–water partition coefficient (Wildman–Crippen LogP) is 3.79. The fourth-order valence-corrected chi connectivity index (χ4v) is 3.25. The van der Waals surface area contributed by atoms with Crippen LogP contribution in [0, 0.1) is 0 Å². The summed E-state index contributed by atoms with van der Waals surface area (Å²) in [4.78, 5) is 16.1. The van der Waals surface area contributed by atoms with Crippen molar-refractivity contribution in [2.24, 2.45) is 0 Å². The van der Waals surface area contributed by atoms with E-state index >= 15 is 0 Å². The highest BCUT2D eigenvalue weighted by Gasteiger charge is 2.13. The first-order valence-electron chi connectivity index (χ1n) is 6.04. The molecule has 0 amide bonds. The molecule has 0 fully saturated rings. The molecule has 5 nitrogen and oxygen atoms in total. The normalized spacial score (nSPS) is 10.7. The average Bonchev–Trinajstić information content (AvgIpc) is 3.16. The van der Waals surface area contributed by atoms with E-state index in [4.69, 9.17) is 9.63 Å². The number of hydrogen-bond donors (Lipinski definition) is 1. The Bertz CT molecular complexity index is 753. The summed E-state index contributed by atoms with van der Waals surface area (Å²) in [6.45, 7) is 0. The number of thioether (sulfide) groups is 1. The lowest BCUT2D eigenvalue weighted by Crippen LogP contribution is -1.98. The fourth-order valence-electron chi connectivity index (χ4n) is 1.73. The van der Waals surface area contributed by atoms with Gasteiger partial charge in [-0.1, -0.05) is 17.3 Å². The topological polar surface area (TPSA) is 76.2 Å². The number of carbonyl (C=O) groups is 1. The van der Waals surface area contributed by atoms with Gasteiger partial charge in [-0.05, 0) is 23.6 Å². The highest BCUT2D eigenvalue weighted by Crippen LogP contribution is 2.27. The number of nitrogens with zero attached hydrogens (tertiary/aromatic N) is 2. The van der Waals surface area contributed by atoms with Crippen molar-refractivity contribution >= 4 is 29.1 Å². The van der Waals surface area contributed by atoms with Gasteiger partial charge in [0.1, 0.15) is 0 Å². The summed E-state index contributed by atoms with van der Waals surface area (Å²) < 4.78 is 5.19. The van der Waals surface area contributed by atoms with Crippen LogP contribution in [0.25, 0.3) is 11.4 Å². The zero-order valence-corrected chi connectivity index (χ0v) is 12.4. The van der Waals surface area contributed by atoms with E-state index in [1.165, 1.54) is 11.8 Å². The Morgan fingerprint density at radius 2 is 2.19 bits per heavy atom. The van der Waals surface area contributed by atoms with Gasteiger partial charge in [0.2, 0.25) is 11.7 Å². The summed E-state index contributed by atoms with van der Waals surface area (Å²) in [5.41, 5.74) is 1.20. The van der Waals surface area contributed by atoms with Crippen molar-refractivity contribution in [3.63, 3.8) is 0 Å². The Morgan fingerprint density at radius 3 is 2.95 bits per heavy atom. The van der Waals surface area contributed by atoms with Crippen LogP contribution in [0.2, 0.25) is 0 Å². The second kappa shape index (κ2) is 6.11. The molecule has 0 aliphatic heterocycles. The first kappa shape index (κ1) is 13.8. The van der Waals surface area contributed by atoms with Crippen molar-refractivity contribution in [3.05, 3.63) is 52.5 Å². The molecule has 0 spiro atoms. The number of thiophene rings is 1. The van der Waals surface area contributed by atoms with E-state index in [0.29, 0.717) is 22.4 Å². The van der Waals surface area contributed by atoms with Crippen LogP contribution < -0.4 is 0 Å². The van der Waals surface area contributed by atoms with E-state index in [1.54, 1.807) is 35.6 Å². The van der Waals surface area contributed by atoms with Crippen molar-refractivity contribution in [2.75, 3.05) is 0 Å². The first-order chi connectivity index (χ1) is 10.2. The molecule has 2 aromatic heterocycles. The van der Waals surface area contributed by atoms with Gasteiger partial charge in [-0.3, -0.25) is 0 Å². The van der Waals surface area contributed by atoms with Crippen LogP contribution in [0.3, 0.4) is 0 Å². The minimum absolute atomic E-state index is 0.278. The van der Waals surface area contributed by atoms with Crippen LogP contribution >= 0.6 is 23.1 Å². The molecule has 0 saturated heterocycles. The number of carboxylic acids is 1. The number of hydrogen-bond acceptors (Lipinski definition) is 6. The average molecular weight is 318 g/mol. The SMILES string of the molecule is O=C(O)c1ccccc1SCc1nc(-c2ccsc2)no1. The van der Waals surface area contributed by atoms with Gasteiger partial charge in [0.05, 0.1) is 11.3 Å². The third-order valence-corrected chi connectivity index (χ3v) is 4.46. The second-order valence-corrected chi connectivity index (χ2v) is 5.91. The monoisotopic (exact) mass is 318 g/mol. The molecule has 21 heavy (non-hydrogen) atoms. The number of rotatable bonds is 5. The van der Waals surface area contributed by atoms with Gasteiger partial charge < -0.3 is 9.63 Å². The van der Waals surface area contributed by atoms with Gasteiger partial charge in [-0.15, -0.1) is 11.8 Å². The molecule has 0 saturated carbocycles. The largest absolute Gasteiger partial charge is 0.478 e. The van der Waals surface area contributed by atoms with E-state index in [-0.39, 0.29) is 5.56 Å². The third-order valence-electron chi connectivity index (χ3n) is 2.72. The van der Waals surface area contributed by atoms with Crippen LogP contribution in [0.1, 0.15) is 16.2 Å². The molecule has 1 aromatic carbocycles. The molecule has 3 aromatic rings. The van der Waals surface area contributed by atoms with Gasteiger partial charge in [0, 0.05) is 15.8 Å². The molecule has 0 aliphatic carbocycles. The highest BCUT2D eigenvalue weighted by atomic mass is 32.2. The molecular formula is C14H10N2O3S2. The fraction of sp³-hybridized carbons (Fsp3) is 0.0714. The number of benzene rings is 1. The zero-order chi connectivity index (χ0) is 14.7. The minimum atomic E-state index is -0.942. The zero-order valence-electron chi connectivity index (χ0n) is 10.7. The molecule has 3 rings (SSSR count). The minimum Gasteiger partial charge on any atom is -0.478 e. The molecule has 0 unspecified atom stereocenters. The summed E-state index contributed by atoms with van der Waals surface area (Å²) in [5, 5.41) is 16.9. The smallest absolute Gasteiger partial charge is 0.336 e. The van der Waals surface area contributed by atoms with Crippen molar-refractivity contribution in [1.82, 2.24) is 10.1 Å². The van der Waals surface area contributed by atoms with Crippen LogP contribution in [0.15, 0.2) is 50.5 Å². The second-order valence-electron chi connectivity index (χ2n) is 4.11. The molecule has 0 bridgehead atoms. The third kappa shape index (κ3) is 3.14. The molecule has 7 heteroatoms. The summed E-state index contributed by atoms with van der Waals surface area (Å²) in [7, 11) is 0. The van der Waals surface area contributed by atoms with Gasteiger partial charge in [0.25, 0.3) is 0 Å². The molecule has 0 radical (unpaired) electrons. The summed E-state index contributed by atoms with van der Waals surface area (Å²) in [6.07, 6.45) is 0. The summed E-state index contributed by atoms with van der Waals surface area (Å²) in [6, 6.07) is 8.78. The van der Waals surface area contributed by atoms with Crippen molar-refractivity contribution < 1.29 is 14.4 Å². The van der Waals surface area contributed by atoms with E-state index in [2.05, 4.69) is 10.1 Å². The standard InChI is InChI=1S/C14H10N2O3S2/c17-14(18)10-3-1-2-4-11(10)21-8-12-15-13(16-19-12)9-5-6-20-7-9/h1-7H,8H2,(H,17,18). The Balaban J connectivity index is 1.73.